The Labute approximate surface area is 169 Å². The molecular formula is C22H21NO5S. The van der Waals surface area contributed by atoms with Crippen molar-refractivity contribution in [2.45, 2.75) is 30.8 Å². The van der Waals surface area contributed by atoms with Crippen LogP contribution in [0.1, 0.15) is 23.1 Å². The monoisotopic (exact) mass is 411 g/mol. The van der Waals surface area contributed by atoms with Crippen molar-refractivity contribution in [3.05, 3.63) is 65.4 Å². The molecule has 3 aromatic rings. The maximum atomic E-state index is 13.6. The Bertz CT molecular complexity index is 1200. The third-order valence-electron chi connectivity index (χ3n) is 5.55. The fourth-order valence-corrected chi connectivity index (χ4v) is 5.62. The molecule has 0 saturated heterocycles. The van der Waals surface area contributed by atoms with Crippen LogP contribution in [0.25, 0.3) is 11.3 Å². The SMILES string of the molecule is O=S(=O)(c1ccc2c(c1)OCCO2)n1cc(CO)c2c1-c1ccccc1CCC2. The van der Waals surface area contributed by atoms with Crippen molar-refractivity contribution in [1.29, 1.82) is 0 Å². The van der Waals surface area contributed by atoms with E-state index in [0.717, 1.165) is 36.0 Å². The Kier molecular flexibility index (Phi) is 4.37. The minimum atomic E-state index is -3.89. The highest BCUT2D eigenvalue weighted by Gasteiger charge is 2.29. The number of aryl methyl sites for hydroxylation is 1. The van der Waals surface area contributed by atoms with Crippen LogP contribution < -0.4 is 9.47 Å². The number of ether oxygens (including phenoxy) is 2. The first-order valence-corrected chi connectivity index (χ1v) is 11.1. The third kappa shape index (κ3) is 2.92. The molecule has 0 saturated carbocycles. The average Bonchev–Trinajstić information content (AvgIpc) is 3.02. The van der Waals surface area contributed by atoms with Crippen molar-refractivity contribution in [2.24, 2.45) is 0 Å². The van der Waals surface area contributed by atoms with E-state index in [1.807, 2.05) is 24.3 Å². The van der Waals surface area contributed by atoms with E-state index >= 15 is 0 Å². The molecule has 7 heteroatoms. The number of fused-ring (bicyclic) bond motifs is 4. The normalized spacial score (nSPS) is 15.3. The molecule has 0 amide bonds. The highest BCUT2D eigenvalue weighted by molar-refractivity contribution is 7.90. The topological polar surface area (TPSA) is 77.8 Å². The fourth-order valence-electron chi connectivity index (χ4n) is 4.18. The molecule has 1 aliphatic carbocycles. The summed E-state index contributed by atoms with van der Waals surface area (Å²) in [6.07, 6.45) is 4.06. The van der Waals surface area contributed by atoms with Crippen molar-refractivity contribution < 1.29 is 23.0 Å². The number of hydrogen-bond acceptors (Lipinski definition) is 5. The molecule has 2 aromatic carbocycles. The van der Waals surface area contributed by atoms with Crippen LogP contribution in [0.3, 0.4) is 0 Å². The van der Waals surface area contributed by atoms with Crippen LogP contribution in [0.15, 0.2) is 53.6 Å². The maximum absolute atomic E-state index is 13.6. The number of benzene rings is 2. The molecular weight excluding hydrogens is 390 g/mol. The van der Waals surface area contributed by atoms with Gasteiger partial charge >= 0.3 is 0 Å². The lowest BCUT2D eigenvalue weighted by molar-refractivity contribution is 0.171. The fraction of sp³-hybridized carbons (Fsp3) is 0.273. The molecule has 5 rings (SSSR count). The van der Waals surface area contributed by atoms with Gasteiger partial charge in [0.05, 0.1) is 17.2 Å². The van der Waals surface area contributed by atoms with E-state index in [1.54, 1.807) is 12.3 Å². The zero-order valence-corrected chi connectivity index (χ0v) is 16.6. The molecule has 150 valence electrons. The van der Waals surface area contributed by atoms with E-state index in [2.05, 4.69) is 0 Å². The molecule has 29 heavy (non-hydrogen) atoms. The van der Waals surface area contributed by atoms with Crippen LogP contribution in [0.5, 0.6) is 11.5 Å². The van der Waals surface area contributed by atoms with Crippen molar-refractivity contribution in [2.75, 3.05) is 13.2 Å². The van der Waals surface area contributed by atoms with Gasteiger partial charge in [-0.05, 0) is 42.5 Å². The standard InChI is InChI=1S/C22H21NO5S/c24-14-16-13-23(22-18-6-2-1-4-15(18)5-3-7-19(16)22)29(25,26)17-8-9-20-21(12-17)28-11-10-27-20/h1-2,4,6,8-9,12-13,24H,3,5,7,10-11,14H2. The molecule has 0 atom stereocenters. The molecule has 6 nitrogen and oxygen atoms in total. The van der Waals surface area contributed by atoms with Crippen LogP contribution in [0.2, 0.25) is 0 Å². The highest BCUT2D eigenvalue weighted by Crippen LogP contribution is 2.39. The lowest BCUT2D eigenvalue weighted by Crippen LogP contribution is -2.17. The molecule has 0 fully saturated rings. The van der Waals surface area contributed by atoms with Gasteiger partial charge < -0.3 is 14.6 Å². The summed E-state index contributed by atoms with van der Waals surface area (Å²) < 4.78 is 39.7. The summed E-state index contributed by atoms with van der Waals surface area (Å²) in [4.78, 5) is 0.130. The first-order valence-electron chi connectivity index (χ1n) is 9.67. The molecule has 1 aliphatic heterocycles. The number of aliphatic hydroxyl groups is 1. The Hall–Kier alpha value is -2.77. The van der Waals surface area contributed by atoms with Gasteiger partial charge in [0.1, 0.15) is 13.2 Å². The van der Waals surface area contributed by atoms with E-state index in [0.29, 0.717) is 36.0 Å². The van der Waals surface area contributed by atoms with E-state index in [4.69, 9.17) is 9.47 Å². The third-order valence-corrected chi connectivity index (χ3v) is 7.21. The Morgan fingerprint density at radius 3 is 2.62 bits per heavy atom. The van der Waals surface area contributed by atoms with Gasteiger partial charge in [-0.3, -0.25) is 0 Å². The molecule has 0 unspecified atom stereocenters. The van der Waals surface area contributed by atoms with Crippen molar-refractivity contribution >= 4 is 10.0 Å². The summed E-state index contributed by atoms with van der Waals surface area (Å²) >= 11 is 0. The predicted molar refractivity (Wildman–Crippen MR) is 108 cm³/mol. The van der Waals surface area contributed by atoms with Gasteiger partial charge in [0.15, 0.2) is 11.5 Å². The summed E-state index contributed by atoms with van der Waals surface area (Å²) in [5, 5.41) is 9.90. The van der Waals surface area contributed by atoms with Gasteiger partial charge in [-0.15, -0.1) is 0 Å². The van der Waals surface area contributed by atoms with Crippen LogP contribution >= 0.6 is 0 Å². The second-order valence-corrected chi connectivity index (χ2v) is 9.07. The van der Waals surface area contributed by atoms with E-state index in [1.165, 1.54) is 16.1 Å². The van der Waals surface area contributed by atoms with Crippen LogP contribution in [-0.2, 0) is 29.5 Å². The maximum Gasteiger partial charge on any atom is 0.268 e. The Balaban J connectivity index is 1.73. The number of aliphatic hydroxyl groups excluding tert-OH is 1. The first kappa shape index (κ1) is 18.3. The van der Waals surface area contributed by atoms with Gasteiger partial charge in [0.25, 0.3) is 10.0 Å². The smallest absolute Gasteiger partial charge is 0.268 e. The summed E-state index contributed by atoms with van der Waals surface area (Å²) in [7, 11) is -3.89. The number of nitrogens with zero attached hydrogens (tertiary/aromatic N) is 1. The van der Waals surface area contributed by atoms with Gasteiger partial charge in [-0.1, -0.05) is 24.3 Å². The molecule has 0 spiro atoms. The molecule has 0 radical (unpaired) electrons. The molecule has 0 bridgehead atoms. The number of rotatable bonds is 3. The predicted octanol–water partition coefficient (Wildman–Crippen LogP) is 3.14. The van der Waals surface area contributed by atoms with Crippen LogP contribution in [0, 0.1) is 0 Å². The van der Waals surface area contributed by atoms with E-state index in [9.17, 15) is 13.5 Å². The minimum absolute atomic E-state index is 0.130. The average molecular weight is 411 g/mol. The summed E-state index contributed by atoms with van der Waals surface area (Å²) in [6, 6.07) is 12.6. The van der Waals surface area contributed by atoms with E-state index < -0.39 is 10.0 Å². The first-order chi connectivity index (χ1) is 14.1. The van der Waals surface area contributed by atoms with Crippen molar-refractivity contribution in [3.8, 4) is 22.8 Å². The zero-order chi connectivity index (χ0) is 20.0. The molecule has 2 aliphatic rings. The number of hydrogen-bond donors (Lipinski definition) is 1. The van der Waals surface area contributed by atoms with Gasteiger partial charge in [0, 0.05) is 23.4 Å². The molecule has 1 aromatic heterocycles. The largest absolute Gasteiger partial charge is 0.486 e. The lowest BCUT2D eigenvalue weighted by Gasteiger charge is -2.19. The molecule has 1 N–H and O–H groups in total. The van der Waals surface area contributed by atoms with Crippen molar-refractivity contribution in [3.63, 3.8) is 0 Å². The Morgan fingerprint density at radius 1 is 1.00 bits per heavy atom. The quantitative estimate of drug-likeness (QED) is 0.716. The van der Waals surface area contributed by atoms with Crippen LogP contribution in [-0.4, -0.2) is 30.7 Å². The second-order valence-electron chi connectivity index (χ2n) is 7.26. The number of aromatic nitrogens is 1. The summed E-state index contributed by atoms with van der Waals surface area (Å²) in [5.41, 5.74) is 4.22. The minimum Gasteiger partial charge on any atom is -0.486 e. The van der Waals surface area contributed by atoms with Gasteiger partial charge in [-0.25, -0.2) is 12.4 Å². The lowest BCUT2D eigenvalue weighted by atomic mass is 10.0. The zero-order valence-electron chi connectivity index (χ0n) is 15.8. The van der Waals surface area contributed by atoms with Crippen molar-refractivity contribution in [1.82, 2.24) is 3.97 Å². The molecule has 2 heterocycles. The van der Waals surface area contributed by atoms with Gasteiger partial charge in [-0.2, -0.15) is 0 Å². The van der Waals surface area contributed by atoms with E-state index in [-0.39, 0.29) is 11.5 Å². The van der Waals surface area contributed by atoms with Gasteiger partial charge in [0.2, 0.25) is 0 Å². The highest BCUT2D eigenvalue weighted by atomic mass is 32.2. The van der Waals surface area contributed by atoms with Crippen LogP contribution in [0.4, 0.5) is 0 Å². The second kappa shape index (κ2) is 6.93. The Morgan fingerprint density at radius 2 is 1.79 bits per heavy atom. The summed E-state index contributed by atoms with van der Waals surface area (Å²) in [6.45, 7) is 0.631. The summed E-state index contributed by atoms with van der Waals surface area (Å²) in [5.74, 6) is 0.973.